The van der Waals surface area contributed by atoms with Crippen LogP contribution in [0.2, 0.25) is 0 Å². The zero-order chi connectivity index (χ0) is 42.6. The molecule has 5 heteroatoms. The fourth-order valence-electron chi connectivity index (χ4n) is 10.5. The largest absolute Gasteiger partial charge is 0.456 e. The first-order chi connectivity index (χ1) is 32.2. The Labute approximate surface area is 373 Å². The molecule has 1 aliphatic rings. The molecule has 0 unspecified atom stereocenters. The summed E-state index contributed by atoms with van der Waals surface area (Å²) in [5.74, 6) is 1.74. The molecule has 0 bridgehead atoms. The molecule has 0 N–H and O–H groups in total. The van der Waals surface area contributed by atoms with Gasteiger partial charge in [-0.15, -0.1) is 0 Å². The van der Waals surface area contributed by atoms with E-state index in [4.69, 9.17) is 9.15 Å². The monoisotopic (exact) mass is 831 g/mol. The molecule has 4 heterocycles. The van der Waals surface area contributed by atoms with Gasteiger partial charge in [0, 0.05) is 43.7 Å². The van der Waals surface area contributed by atoms with Crippen molar-refractivity contribution in [2.45, 2.75) is 0 Å². The molecule has 65 heavy (non-hydrogen) atoms. The molecule has 13 aromatic rings. The van der Waals surface area contributed by atoms with Gasteiger partial charge in [-0.25, -0.2) is 0 Å². The molecule has 1 aliphatic heterocycles. The molecule has 0 amide bonds. The van der Waals surface area contributed by atoms with Crippen LogP contribution in [0, 0.1) is 0 Å². The highest BCUT2D eigenvalue weighted by atomic mass is 16.5. The van der Waals surface area contributed by atoms with Crippen molar-refractivity contribution in [1.29, 1.82) is 0 Å². The molecule has 304 valence electrons. The van der Waals surface area contributed by atoms with Crippen molar-refractivity contribution in [3.8, 4) is 45.1 Å². The van der Waals surface area contributed by atoms with Crippen molar-refractivity contribution in [2.24, 2.45) is 0 Å². The third-order valence-corrected chi connectivity index (χ3v) is 13.3. The number of para-hydroxylation sites is 8. The van der Waals surface area contributed by atoms with Gasteiger partial charge in [-0.05, 0) is 113 Å². The molecule has 3 aromatic heterocycles. The van der Waals surface area contributed by atoms with Crippen LogP contribution in [0.15, 0.2) is 229 Å². The first kappa shape index (κ1) is 35.8. The zero-order valence-electron chi connectivity index (χ0n) is 35.0. The van der Waals surface area contributed by atoms with Crippen molar-refractivity contribution in [1.82, 2.24) is 9.13 Å². The van der Waals surface area contributed by atoms with Gasteiger partial charge < -0.3 is 23.2 Å². The minimum atomic E-state index is 0.864. The van der Waals surface area contributed by atoms with E-state index in [9.17, 15) is 0 Å². The number of hydrogen-bond donors (Lipinski definition) is 0. The number of aromatic nitrogens is 2. The van der Waals surface area contributed by atoms with Crippen molar-refractivity contribution in [2.75, 3.05) is 4.90 Å². The maximum Gasteiger partial charge on any atom is 0.152 e. The lowest BCUT2D eigenvalue weighted by Gasteiger charge is -2.29. The van der Waals surface area contributed by atoms with Gasteiger partial charge in [0.2, 0.25) is 0 Å². The summed E-state index contributed by atoms with van der Waals surface area (Å²) in [5, 5.41) is 7.07. The van der Waals surface area contributed by atoms with Crippen LogP contribution >= 0.6 is 0 Å². The van der Waals surface area contributed by atoms with Crippen LogP contribution in [-0.2, 0) is 0 Å². The SMILES string of the molecule is c1cc(-c2ccc3c(c2)c2cccc4c2n3-c2ccccc2O4)cc(N(c2ccc(-c3cccc4oc5ccccc5c34)cc2)c2ccccc2-n2c3ccccc3c3ccccc32)c1. The second-order valence-electron chi connectivity index (χ2n) is 16.9. The van der Waals surface area contributed by atoms with E-state index >= 15 is 0 Å². The molecule has 0 saturated carbocycles. The highest BCUT2D eigenvalue weighted by Crippen LogP contribution is 2.47. The highest BCUT2D eigenvalue weighted by Gasteiger charge is 2.25. The molecule has 10 aromatic carbocycles. The average molecular weight is 832 g/mol. The Hall–Kier alpha value is -8.80. The predicted molar refractivity (Wildman–Crippen MR) is 268 cm³/mol. The van der Waals surface area contributed by atoms with Gasteiger partial charge in [0.1, 0.15) is 11.2 Å². The van der Waals surface area contributed by atoms with Gasteiger partial charge in [-0.3, -0.25) is 0 Å². The lowest BCUT2D eigenvalue weighted by atomic mass is 9.98. The van der Waals surface area contributed by atoms with E-state index in [1.807, 2.05) is 24.3 Å². The molecule has 0 atom stereocenters. The number of rotatable bonds is 6. The number of furan rings is 1. The summed E-state index contributed by atoms with van der Waals surface area (Å²) >= 11 is 0. The van der Waals surface area contributed by atoms with E-state index in [0.29, 0.717) is 0 Å². The zero-order valence-corrected chi connectivity index (χ0v) is 35.0. The summed E-state index contributed by atoms with van der Waals surface area (Å²) < 4.78 is 17.5. The lowest BCUT2D eigenvalue weighted by Crippen LogP contribution is -2.13. The molecular weight excluding hydrogens is 795 g/mol. The first-order valence-corrected chi connectivity index (χ1v) is 22.1. The van der Waals surface area contributed by atoms with Crippen LogP contribution in [-0.4, -0.2) is 9.13 Å². The average Bonchev–Trinajstić information content (AvgIpc) is 4.03. The first-order valence-electron chi connectivity index (χ1n) is 22.1. The third-order valence-electron chi connectivity index (χ3n) is 13.3. The Bertz CT molecular complexity index is 4000. The topological polar surface area (TPSA) is 35.5 Å². The second kappa shape index (κ2) is 13.9. The molecular formula is C60H37N3O2. The van der Waals surface area contributed by atoms with Crippen molar-refractivity contribution >= 4 is 82.6 Å². The summed E-state index contributed by atoms with van der Waals surface area (Å²) in [6.45, 7) is 0. The van der Waals surface area contributed by atoms with E-state index in [1.165, 1.54) is 32.6 Å². The number of nitrogens with zero attached hydrogens (tertiary/aromatic N) is 3. The van der Waals surface area contributed by atoms with E-state index in [-0.39, 0.29) is 0 Å². The fourth-order valence-corrected chi connectivity index (χ4v) is 10.5. The molecule has 14 rings (SSSR count). The third kappa shape index (κ3) is 5.33. The number of hydrogen-bond acceptors (Lipinski definition) is 3. The van der Waals surface area contributed by atoms with E-state index in [2.05, 4.69) is 214 Å². The van der Waals surface area contributed by atoms with Crippen LogP contribution in [0.4, 0.5) is 17.1 Å². The van der Waals surface area contributed by atoms with E-state index in [0.717, 1.165) is 95.2 Å². The van der Waals surface area contributed by atoms with E-state index in [1.54, 1.807) is 0 Å². The normalized spacial score (nSPS) is 12.1. The predicted octanol–water partition coefficient (Wildman–Crippen LogP) is 16.7. The van der Waals surface area contributed by atoms with Crippen molar-refractivity contribution in [3.63, 3.8) is 0 Å². The molecule has 0 radical (unpaired) electrons. The van der Waals surface area contributed by atoms with Gasteiger partial charge in [0.15, 0.2) is 11.5 Å². The van der Waals surface area contributed by atoms with Crippen LogP contribution in [0.25, 0.3) is 99.2 Å². The standard InChI is InChI=1S/C60H37N3O2/c1-4-21-49-44(16-1)45-17-2-5-22-50(45)62(49)53-24-7-6-23-52(53)61(41-33-30-38(31-34-41)43-19-12-28-57-59(43)47-18-3-9-26-55(47)64-57)42-15-11-14-39(36-42)40-32-35-51-48(37-40)46-20-13-29-58-60(46)63(51)54-25-8-10-27-56(54)65-58/h1-37H. The maximum atomic E-state index is 6.44. The Morgan fingerprint density at radius 3 is 1.82 bits per heavy atom. The quantitative estimate of drug-likeness (QED) is 0.167. The molecule has 0 aliphatic carbocycles. The van der Waals surface area contributed by atoms with Gasteiger partial charge in [-0.1, -0.05) is 133 Å². The van der Waals surface area contributed by atoms with Crippen LogP contribution in [0.3, 0.4) is 0 Å². The summed E-state index contributed by atoms with van der Waals surface area (Å²) in [4.78, 5) is 2.41. The van der Waals surface area contributed by atoms with Crippen molar-refractivity contribution < 1.29 is 9.15 Å². The lowest BCUT2D eigenvalue weighted by molar-refractivity contribution is 0.476. The van der Waals surface area contributed by atoms with Gasteiger partial charge in [0.25, 0.3) is 0 Å². The summed E-state index contributed by atoms with van der Waals surface area (Å²) in [7, 11) is 0. The highest BCUT2D eigenvalue weighted by molar-refractivity contribution is 6.14. The minimum Gasteiger partial charge on any atom is -0.456 e. The van der Waals surface area contributed by atoms with Crippen LogP contribution < -0.4 is 9.64 Å². The summed E-state index contributed by atoms with van der Waals surface area (Å²) in [6.07, 6.45) is 0. The maximum absolute atomic E-state index is 6.44. The Morgan fingerprint density at radius 1 is 0.354 bits per heavy atom. The summed E-state index contributed by atoms with van der Waals surface area (Å²) in [6, 6.07) is 80.4. The van der Waals surface area contributed by atoms with E-state index < -0.39 is 0 Å². The Kier molecular flexibility index (Phi) is 7.62. The Morgan fingerprint density at radius 2 is 0.969 bits per heavy atom. The second-order valence-corrected chi connectivity index (χ2v) is 16.9. The molecule has 0 saturated heterocycles. The molecule has 5 nitrogen and oxygen atoms in total. The Balaban J connectivity index is 0.959. The number of anilines is 3. The number of benzene rings is 10. The smallest absolute Gasteiger partial charge is 0.152 e. The fraction of sp³-hybridized carbons (Fsp3) is 0. The van der Waals surface area contributed by atoms with Gasteiger partial charge in [-0.2, -0.15) is 0 Å². The molecule has 0 fully saturated rings. The minimum absolute atomic E-state index is 0.864. The molecule has 0 spiro atoms. The summed E-state index contributed by atoms with van der Waals surface area (Å²) in [5.41, 5.74) is 16.2. The van der Waals surface area contributed by atoms with Crippen molar-refractivity contribution in [3.05, 3.63) is 224 Å². The number of ether oxygens (including phenoxy) is 1. The van der Waals surface area contributed by atoms with Gasteiger partial charge >= 0.3 is 0 Å². The van der Waals surface area contributed by atoms with Gasteiger partial charge in [0.05, 0.1) is 39.1 Å². The van der Waals surface area contributed by atoms with Crippen LogP contribution in [0.1, 0.15) is 0 Å². The number of fused-ring (bicyclic) bond motifs is 11. The van der Waals surface area contributed by atoms with Crippen LogP contribution in [0.5, 0.6) is 11.5 Å².